The van der Waals surface area contributed by atoms with E-state index in [1.54, 1.807) is 6.07 Å². The fourth-order valence-corrected chi connectivity index (χ4v) is 1.18. The fraction of sp³-hybridized carbons (Fsp3) is 0.375. The Morgan fingerprint density at radius 2 is 2.46 bits per heavy atom. The van der Waals surface area contributed by atoms with Crippen molar-refractivity contribution in [2.75, 3.05) is 13.7 Å². The normalized spacial score (nSPS) is 12.6. The van der Waals surface area contributed by atoms with Crippen LogP contribution < -0.4 is 10.5 Å². The molecule has 1 rings (SSSR count). The number of hydrogen-bond acceptors (Lipinski definition) is 4. The van der Waals surface area contributed by atoms with Crippen LogP contribution in [-0.4, -0.2) is 23.7 Å². The molecule has 72 valence electrons. The minimum Gasteiger partial charge on any atom is -0.495 e. The van der Waals surface area contributed by atoms with E-state index in [4.69, 9.17) is 22.1 Å². The predicted octanol–water partition coefficient (Wildman–Crippen LogP) is 0.736. The highest BCUT2D eigenvalue weighted by molar-refractivity contribution is 6.31. The van der Waals surface area contributed by atoms with Crippen molar-refractivity contribution in [3.05, 3.63) is 23.0 Å². The summed E-state index contributed by atoms with van der Waals surface area (Å²) in [6, 6.07) is 1.59. The maximum absolute atomic E-state index is 9.36. The number of pyridine rings is 1. The number of nitrogens with two attached hydrogens (primary N) is 1. The van der Waals surface area contributed by atoms with Gasteiger partial charge in [0.25, 0.3) is 0 Å². The Kier molecular flexibility index (Phi) is 3.48. The van der Waals surface area contributed by atoms with E-state index in [0.29, 0.717) is 16.5 Å². The van der Waals surface area contributed by atoms with E-state index in [-0.39, 0.29) is 6.54 Å². The average Bonchev–Trinajstić information content (AvgIpc) is 2.16. The number of methoxy groups -OCH3 is 1. The van der Waals surface area contributed by atoms with Gasteiger partial charge >= 0.3 is 0 Å². The third kappa shape index (κ3) is 2.30. The van der Waals surface area contributed by atoms with Gasteiger partial charge in [0.2, 0.25) is 0 Å². The topological polar surface area (TPSA) is 68.4 Å². The highest BCUT2D eigenvalue weighted by Gasteiger charge is 2.11. The van der Waals surface area contributed by atoms with Gasteiger partial charge in [-0.3, -0.25) is 4.98 Å². The van der Waals surface area contributed by atoms with Gasteiger partial charge < -0.3 is 15.6 Å². The minimum atomic E-state index is -0.821. The van der Waals surface area contributed by atoms with E-state index in [0.717, 1.165) is 0 Å². The van der Waals surface area contributed by atoms with Gasteiger partial charge in [-0.15, -0.1) is 0 Å². The number of aliphatic hydroxyl groups is 1. The molecule has 0 radical (unpaired) electrons. The Morgan fingerprint density at radius 1 is 1.77 bits per heavy atom. The number of nitrogens with zero attached hydrogens (tertiary/aromatic N) is 1. The molecule has 0 aliphatic carbocycles. The van der Waals surface area contributed by atoms with E-state index >= 15 is 0 Å². The second-order valence-electron chi connectivity index (χ2n) is 2.49. The standard InChI is InChI=1S/C8H11ClN2O2/c1-13-5-2-6(9)8(11-4-5)7(12)3-10/h2,4,7,12H,3,10H2,1H3. The summed E-state index contributed by atoms with van der Waals surface area (Å²) in [6.07, 6.45) is 0.665. The molecular weight excluding hydrogens is 192 g/mol. The van der Waals surface area contributed by atoms with Gasteiger partial charge in [0, 0.05) is 12.6 Å². The van der Waals surface area contributed by atoms with Crippen molar-refractivity contribution < 1.29 is 9.84 Å². The van der Waals surface area contributed by atoms with Crippen LogP contribution in [-0.2, 0) is 0 Å². The summed E-state index contributed by atoms with van der Waals surface area (Å²) < 4.78 is 4.90. The molecule has 1 atom stereocenters. The van der Waals surface area contributed by atoms with Gasteiger partial charge in [0.05, 0.1) is 24.0 Å². The molecule has 4 nitrogen and oxygen atoms in total. The number of halogens is 1. The Hall–Kier alpha value is -0.840. The summed E-state index contributed by atoms with van der Waals surface area (Å²) in [7, 11) is 1.52. The number of ether oxygens (including phenoxy) is 1. The molecule has 0 bridgehead atoms. The van der Waals surface area contributed by atoms with Crippen molar-refractivity contribution in [1.29, 1.82) is 0 Å². The number of aromatic nitrogens is 1. The molecule has 1 aromatic heterocycles. The van der Waals surface area contributed by atoms with Crippen molar-refractivity contribution in [3.63, 3.8) is 0 Å². The first-order valence-corrected chi connectivity index (χ1v) is 4.14. The van der Waals surface area contributed by atoms with Crippen LogP contribution in [0.15, 0.2) is 12.3 Å². The zero-order valence-corrected chi connectivity index (χ0v) is 7.95. The highest BCUT2D eigenvalue weighted by Crippen LogP contribution is 2.23. The Morgan fingerprint density at radius 3 is 2.92 bits per heavy atom. The lowest BCUT2D eigenvalue weighted by Gasteiger charge is -2.09. The van der Waals surface area contributed by atoms with Crippen LogP contribution in [0, 0.1) is 0 Å². The van der Waals surface area contributed by atoms with E-state index in [9.17, 15) is 5.11 Å². The molecular formula is C8H11ClN2O2. The Bertz CT molecular complexity index is 293. The minimum absolute atomic E-state index is 0.0963. The van der Waals surface area contributed by atoms with Crippen LogP contribution in [0.1, 0.15) is 11.8 Å². The van der Waals surface area contributed by atoms with Crippen LogP contribution in [0.5, 0.6) is 5.75 Å². The van der Waals surface area contributed by atoms with E-state index < -0.39 is 6.10 Å². The smallest absolute Gasteiger partial charge is 0.138 e. The molecule has 0 aliphatic heterocycles. The van der Waals surface area contributed by atoms with Crippen LogP contribution in [0.25, 0.3) is 0 Å². The zero-order chi connectivity index (χ0) is 9.84. The third-order valence-corrected chi connectivity index (χ3v) is 1.92. The summed E-state index contributed by atoms with van der Waals surface area (Å²) in [6.45, 7) is 0.0963. The summed E-state index contributed by atoms with van der Waals surface area (Å²) in [5.74, 6) is 0.554. The SMILES string of the molecule is COc1cnc(C(O)CN)c(Cl)c1. The largest absolute Gasteiger partial charge is 0.495 e. The third-order valence-electron chi connectivity index (χ3n) is 1.62. The number of hydrogen-bond donors (Lipinski definition) is 2. The van der Waals surface area contributed by atoms with Gasteiger partial charge in [-0.1, -0.05) is 11.6 Å². The van der Waals surface area contributed by atoms with Crippen molar-refractivity contribution in [1.82, 2.24) is 4.98 Å². The van der Waals surface area contributed by atoms with E-state index in [2.05, 4.69) is 4.98 Å². The average molecular weight is 203 g/mol. The second kappa shape index (κ2) is 4.41. The maximum atomic E-state index is 9.36. The fourth-order valence-electron chi connectivity index (χ4n) is 0.899. The highest BCUT2D eigenvalue weighted by atomic mass is 35.5. The predicted molar refractivity (Wildman–Crippen MR) is 49.8 cm³/mol. The molecule has 0 saturated heterocycles. The van der Waals surface area contributed by atoms with Crippen LogP contribution in [0.2, 0.25) is 5.02 Å². The molecule has 1 unspecified atom stereocenters. The Balaban J connectivity index is 2.98. The van der Waals surface area contributed by atoms with Crippen molar-refractivity contribution in [2.45, 2.75) is 6.10 Å². The summed E-state index contributed by atoms with van der Waals surface area (Å²) >= 11 is 5.82. The summed E-state index contributed by atoms with van der Waals surface area (Å²) in [4.78, 5) is 3.93. The van der Waals surface area contributed by atoms with E-state index in [1.165, 1.54) is 13.3 Å². The molecule has 1 aromatic rings. The van der Waals surface area contributed by atoms with Crippen molar-refractivity contribution in [2.24, 2.45) is 5.73 Å². The molecule has 0 amide bonds. The van der Waals surface area contributed by atoms with E-state index in [1.807, 2.05) is 0 Å². The summed E-state index contributed by atoms with van der Waals surface area (Å²) in [5.41, 5.74) is 5.64. The van der Waals surface area contributed by atoms with Crippen molar-refractivity contribution >= 4 is 11.6 Å². The molecule has 0 saturated carbocycles. The molecule has 5 heteroatoms. The van der Waals surface area contributed by atoms with Gasteiger partial charge in [-0.25, -0.2) is 0 Å². The molecule has 0 aromatic carbocycles. The molecule has 0 aliphatic rings. The lowest BCUT2D eigenvalue weighted by Crippen LogP contribution is -2.13. The number of rotatable bonds is 3. The monoisotopic (exact) mass is 202 g/mol. The van der Waals surface area contributed by atoms with Crippen LogP contribution >= 0.6 is 11.6 Å². The summed E-state index contributed by atoms with van der Waals surface area (Å²) in [5, 5.41) is 9.72. The zero-order valence-electron chi connectivity index (χ0n) is 7.20. The van der Waals surface area contributed by atoms with Crippen molar-refractivity contribution in [3.8, 4) is 5.75 Å². The molecule has 0 spiro atoms. The first-order valence-electron chi connectivity index (χ1n) is 3.76. The number of aliphatic hydroxyl groups excluding tert-OH is 1. The molecule has 13 heavy (non-hydrogen) atoms. The lowest BCUT2D eigenvalue weighted by molar-refractivity contribution is 0.182. The maximum Gasteiger partial charge on any atom is 0.138 e. The quantitative estimate of drug-likeness (QED) is 0.759. The van der Waals surface area contributed by atoms with Crippen LogP contribution in [0.4, 0.5) is 0 Å². The molecule has 0 fully saturated rings. The molecule has 3 N–H and O–H groups in total. The second-order valence-corrected chi connectivity index (χ2v) is 2.90. The van der Waals surface area contributed by atoms with Gasteiger partial charge in [0.1, 0.15) is 11.9 Å². The first-order chi connectivity index (χ1) is 6.19. The van der Waals surface area contributed by atoms with Gasteiger partial charge in [-0.05, 0) is 0 Å². The Labute approximate surface area is 81.3 Å². The van der Waals surface area contributed by atoms with Gasteiger partial charge in [0.15, 0.2) is 0 Å². The van der Waals surface area contributed by atoms with Gasteiger partial charge in [-0.2, -0.15) is 0 Å². The van der Waals surface area contributed by atoms with Crippen LogP contribution in [0.3, 0.4) is 0 Å². The molecule has 1 heterocycles. The first kappa shape index (κ1) is 10.2. The lowest BCUT2D eigenvalue weighted by atomic mass is 10.2.